The Hall–Kier alpha value is -0.810. The van der Waals surface area contributed by atoms with Gasteiger partial charge in [-0.1, -0.05) is 51.1 Å². The number of nitrogens with one attached hydrogen (secondary N) is 3. The number of benzene rings is 1. The van der Waals surface area contributed by atoms with Gasteiger partial charge in [0.25, 0.3) is 0 Å². The van der Waals surface area contributed by atoms with Gasteiger partial charge in [-0.2, -0.15) is 0 Å². The third-order valence-corrected chi connectivity index (χ3v) is 4.73. The van der Waals surface area contributed by atoms with Crippen molar-refractivity contribution in [3.8, 4) is 0 Å². The Balaban J connectivity index is 0. The zero-order valence-electron chi connectivity index (χ0n) is 16.1. The Morgan fingerprint density at radius 2 is 1.64 bits per heavy atom. The molecule has 4 nitrogen and oxygen atoms in total. The van der Waals surface area contributed by atoms with Crippen LogP contribution in [0.25, 0.3) is 0 Å². The van der Waals surface area contributed by atoms with E-state index in [1.165, 1.54) is 5.56 Å². The van der Waals surface area contributed by atoms with E-state index in [4.69, 9.17) is 0 Å². The summed E-state index contributed by atoms with van der Waals surface area (Å²) in [5, 5.41) is 9.92. The quantitative estimate of drug-likeness (QED) is 0.569. The molecule has 6 heteroatoms. The van der Waals surface area contributed by atoms with E-state index in [0.717, 1.165) is 12.8 Å². The van der Waals surface area contributed by atoms with Crippen LogP contribution in [-0.2, 0) is 4.79 Å². The molecular formula is C19H35Cl2N3O. The van der Waals surface area contributed by atoms with Crippen molar-refractivity contribution in [3.05, 3.63) is 35.9 Å². The molecule has 2 unspecified atom stereocenters. The maximum absolute atomic E-state index is 12.2. The maximum Gasteiger partial charge on any atom is 0.224 e. The van der Waals surface area contributed by atoms with Gasteiger partial charge in [0.2, 0.25) is 5.91 Å². The normalized spacial score (nSPS) is 13.2. The molecule has 1 aromatic carbocycles. The summed E-state index contributed by atoms with van der Waals surface area (Å²) in [5.74, 6) is 0.0951. The second kappa shape index (κ2) is 13.4. The summed E-state index contributed by atoms with van der Waals surface area (Å²) in [7, 11) is 1.87. The van der Waals surface area contributed by atoms with E-state index < -0.39 is 0 Å². The minimum Gasteiger partial charge on any atom is -0.354 e. The van der Waals surface area contributed by atoms with E-state index in [9.17, 15) is 4.79 Å². The van der Waals surface area contributed by atoms with E-state index >= 15 is 0 Å². The van der Waals surface area contributed by atoms with Gasteiger partial charge in [-0.25, -0.2) is 0 Å². The fourth-order valence-electron chi connectivity index (χ4n) is 2.87. The third-order valence-electron chi connectivity index (χ3n) is 4.73. The second-order valence-corrected chi connectivity index (χ2v) is 6.44. The Morgan fingerprint density at radius 3 is 2.12 bits per heavy atom. The number of hydrogen-bond acceptors (Lipinski definition) is 3. The molecule has 0 aromatic heterocycles. The lowest BCUT2D eigenvalue weighted by molar-refractivity contribution is -0.124. The van der Waals surface area contributed by atoms with Crippen LogP contribution in [0, 0.1) is 5.92 Å². The molecule has 0 bridgehead atoms. The van der Waals surface area contributed by atoms with Crippen molar-refractivity contribution >= 4 is 30.7 Å². The van der Waals surface area contributed by atoms with E-state index in [2.05, 4.69) is 61.0 Å². The highest BCUT2D eigenvalue weighted by molar-refractivity contribution is 5.85. The average Bonchev–Trinajstić information content (AvgIpc) is 2.59. The molecule has 0 radical (unpaired) electrons. The minimum atomic E-state index is -0.0791. The SMILES string of the molecule is CCC(CC)(CNC(=O)C(C)CNC)NC(C)c1ccccc1.Cl.Cl. The summed E-state index contributed by atoms with van der Waals surface area (Å²) in [6, 6.07) is 10.7. The maximum atomic E-state index is 12.2. The molecule has 0 aliphatic carbocycles. The van der Waals surface area contributed by atoms with Crippen LogP contribution in [0.4, 0.5) is 0 Å². The molecule has 0 aliphatic rings. The number of rotatable bonds is 10. The molecule has 0 saturated heterocycles. The zero-order valence-corrected chi connectivity index (χ0v) is 17.7. The standard InChI is InChI=1S/C19H33N3O.2ClH/c1-6-19(7-2,14-21-18(23)15(3)13-20-5)22-16(4)17-11-9-8-10-12-17;;/h8-12,15-16,20,22H,6-7,13-14H2,1-5H3,(H,21,23);2*1H. The first-order valence-corrected chi connectivity index (χ1v) is 8.73. The number of carbonyl (C=O) groups is 1. The van der Waals surface area contributed by atoms with Gasteiger partial charge < -0.3 is 16.0 Å². The van der Waals surface area contributed by atoms with Crippen molar-refractivity contribution in [1.82, 2.24) is 16.0 Å². The summed E-state index contributed by atoms with van der Waals surface area (Å²) in [5.41, 5.74) is 1.19. The highest BCUT2D eigenvalue weighted by Crippen LogP contribution is 2.21. The lowest BCUT2D eigenvalue weighted by Gasteiger charge is -2.36. The van der Waals surface area contributed by atoms with Crippen LogP contribution in [0.3, 0.4) is 0 Å². The van der Waals surface area contributed by atoms with E-state index in [0.29, 0.717) is 13.1 Å². The lowest BCUT2D eigenvalue weighted by Crippen LogP contribution is -2.54. The van der Waals surface area contributed by atoms with Gasteiger partial charge in [-0.15, -0.1) is 24.8 Å². The fourth-order valence-corrected chi connectivity index (χ4v) is 2.87. The molecule has 0 spiro atoms. The number of hydrogen-bond donors (Lipinski definition) is 3. The molecule has 1 aromatic rings. The van der Waals surface area contributed by atoms with Crippen LogP contribution in [0.5, 0.6) is 0 Å². The Kier molecular flexibility index (Phi) is 14.2. The van der Waals surface area contributed by atoms with E-state index in [1.54, 1.807) is 0 Å². The highest BCUT2D eigenvalue weighted by atomic mass is 35.5. The summed E-state index contributed by atoms with van der Waals surface area (Å²) in [6.45, 7) is 9.84. The monoisotopic (exact) mass is 391 g/mol. The minimum absolute atomic E-state index is 0. The summed E-state index contributed by atoms with van der Waals surface area (Å²) in [6.07, 6.45) is 1.95. The van der Waals surface area contributed by atoms with Crippen molar-refractivity contribution in [2.75, 3.05) is 20.1 Å². The molecule has 0 fully saturated rings. The first-order chi connectivity index (χ1) is 11.0. The molecule has 1 rings (SSSR count). The second-order valence-electron chi connectivity index (χ2n) is 6.44. The van der Waals surface area contributed by atoms with Gasteiger partial charge in [-0.3, -0.25) is 4.79 Å². The lowest BCUT2D eigenvalue weighted by atomic mass is 9.90. The van der Waals surface area contributed by atoms with E-state index in [-0.39, 0.29) is 48.2 Å². The fraction of sp³-hybridized carbons (Fsp3) is 0.632. The first-order valence-electron chi connectivity index (χ1n) is 8.73. The highest BCUT2D eigenvalue weighted by Gasteiger charge is 2.29. The summed E-state index contributed by atoms with van der Waals surface area (Å²) >= 11 is 0. The van der Waals surface area contributed by atoms with Crippen LogP contribution in [0.2, 0.25) is 0 Å². The average molecular weight is 392 g/mol. The van der Waals surface area contributed by atoms with Crippen molar-refractivity contribution < 1.29 is 4.79 Å². The van der Waals surface area contributed by atoms with Crippen molar-refractivity contribution in [3.63, 3.8) is 0 Å². The van der Waals surface area contributed by atoms with Crippen LogP contribution in [-0.4, -0.2) is 31.6 Å². The van der Waals surface area contributed by atoms with Gasteiger partial charge in [0.1, 0.15) is 0 Å². The summed E-state index contributed by atoms with van der Waals surface area (Å²) < 4.78 is 0. The molecule has 0 saturated carbocycles. The van der Waals surface area contributed by atoms with Gasteiger partial charge in [0.05, 0.1) is 0 Å². The molecule has 0 heterocycles. The van der Waals surface area contributed by atoms with Gasteiger partial charge in [0.15, 0.2) is 0 Å². The van der Waals surface area contributed by atoms with Gasteiger partial charge >= 0.3 is 0 Å². The predicted octanol–water partition coefficient (Wildman–Crippen LogP) is 3.71. The Morgan fingerprint density at radius 1 is 1.08 bits per heavy atom. The first kappa shape index (κ1) is 26.4. The molecule has 146 valence electrons. The molecular weight excluding hydrogens is 357 g/mol. The van der Waals surface area contributed by atoms with Gasteiger partial charge in [-0.05, 0) is 32.4 Å². The Bertz CT molecular complexity index is 467. The number of amides is 1. The van der Waals surface area contributed by atoms with Crippen molar-refractivity contribution in [2.45, 2.75) is 52.1 Å². The van der Waals surface area contributed by atoms with Crippen LogP contribution in [0.15, 0.2) is 30.3 Å². The van der Waals surface area contributed by atoms with Crippen molar-refractivity contribution in [1.29, 1.82) is 0 Å². The van der Waals surface area contributed by atoms with E-state index in [1.807, 2.05) is 20.0 Å². The summed E-state index contributed by atoms with van der Waals surface area (Å²) in [4.78, 5) is 12.2. The number of carbonyl (C=O) groups excluding carboxylic acids is 1. The smallest absolute Gasteiger partial charge is 0.224 e. The predicted molar refractivity (Wildman–Crippen MR) is 112 cm³/mol. The molecule has 2 atom stereocenters. The Labute approximate surface area is 165 Å². The van der Waals surface area contributed by atoms with Crippen molar-refractivity contribution in [2.24, 2.45) is 5.92 Å². The van der Waals surface area contributed by atoms with Gasteiger partial charge in [0, 0.05) is 30.6 Å². The zero-order chi connectivity index (χ0) is 17.3. The number of halogens is 2. The molecule has 0 aliphatic heterocycles. The molecule has 3 N–H and O–H groups in total. The topological polar surface area (TPSA) is 53.2 Å². The largest absolute Gasteiger partial charge is 0.354 e. The third kappa shape index (κ3) is 8.41. The van der Waals surface area contributed by atoms with Crippen LogP contribution >= 0.6 is 24.8 Å². The molecule has 25 heavy (non-hydrogen) atoms. The molecule has 1 amide bonds. The van der Waals surface area contributed by atoms with Crippen LogP contribution < -0.4 is 16.0 Å². The van der Waals surface area contributed by atoms with Crippen LogP contribution in [0.1, 0.15) is 52.1 Å².